The van der Waals surface area contributed by atoms with E-state index in [2.05, 4.69) is 68.8 Å². The number of aromatic nitrogens is 12. The van der Waals surface area contributed by atoms with Crippen LogP contribution in [0.4, 0.5) is 0 Å². The Morgan fingerprint density at radius 2 is 1.10 bits per heavy atom. The minimum absolute atomic E-state index is 0.495. The Morgan fingerprint density at radius 3 is 1.53 bits per heavy atom. The van der Waals surface area contributed by atoms with E-state index in [1.54, 1.807) is 28.5 Å². The second-order valence-corrected chi connectivity index (χ2v) is 12.1. The first kappa shape index (κ1) is 34.7. The maximum Gasteiger partial charge on any atom is 0.223 e. The lowest BCUT2D eigenvalue weighted by atomic mass is 10.0. The molecule has 0 aliphatic heterocycles. The van der Waals surface area contributed by atoms with Gasteiger partial charge in [-0.2, -0.15) is 20.2 Å². The van der Waals surface area contributed by atoms with Crippen molar-refractivity contribution in [1.82, 2.24) is 60.4 Å². The van der Waals surface area contributed by atoms with Crippen LogP contribution in [-0.2, 0) is 21.1 Å². The van der Waals surface area contributed by atoms with Crippen LogP contribution in [0.1, 0.15) is 0 Å². The summed E-state index contributed by atoms with van der Waals surface area (Å²) in [6, 6.07) is 22.7. The third-order valence-electron chi connectivity index (χ3n) is 7.45. The summed E-state index contributed by atoms with van der Waals surface area (Å²) in [5.74, 6) is 1.02. The van der Waals surface area contributed by atoms with Crippen molar-refractivity contribution in [3.63, 3.8) is 0 Å². The van der Waals surface area contributed by atoms with Gasteiger partial charge in [-0.25, -0.2) is 0 Å². The Morgan fingerprint density at radius 1 is 0.592 bits per heavy atom. The zero-order valence-corrected chi connectivity index (χ0v) is 31.4. The molecule has 4 aromatic heterocycles. The lowest BCUT2D eigenvalue weighted by Crippen LogP contribution is -1.96. The number of nitrogens with zero attached hydrogens (tertiary/aromatic N) is 11. The van der Waals surface area contributed by atoms with Crippen LogP contribution in [0, 0.1) is 0 Å². The first-order chi connectivity index (χ1) is 23.7. The van der Waals surface area contributed by atoms with Gasteiger partial charge >= 0.3 is 0 Å². The number of alkyl halides is 1. The van der Waals surface area contributed by atoms with Gasteiger partial charge in [-0.3, -0.25) is 9.36 Å². The molecule has 1 N–H and O–H groups in total. The highest BCUT2D eigenvalue weighted by Gasteiger charge is 2.20. The number of hydrogen-bond donors (Lipinski definition) is 1. The highest BCUT2D eigenvalue weighted by molar-refractivity contribution is 14.1. The van der Waals surface area contributed by atoms with Gasteiger partial charge in [0, 0.05) is 67.2 Å². The molecule has 0 bridgehead atoms. The summed E-state index contributed by atoms with van der Waals surface area (Å²) in [7, 11) is 5.44. The number of hydrogen-bond acceptors (Lipinski definition) is 8. The monoisotopic (exact) mass is 844 g/mol. The highest BCUT2D eigenvalue weighted by Crippen LogP contribution is 2.38. The summed E-state index contributed by atoms with van der Waals surface area (Å²) >= 11 is 26.9. The number of tetrazole rings is 2. The van der Waals surface area contributed by atoms with Crippen molar-refractivity contribution >= 4 is 90.8 Å². The number of aromatic amines is 1. The van der Waals surface area contributed by atoms with E-state index in [0.29, 0.717) is 31.7 Å². The average molecular weight is 846 g/mol. The van der Waals surface area contributed by atoms with Crippen LogP contribution >= 0.6 is 69.0 Å². The Kier molecular flexibility index (Phi) is 10.5. The first-order valence-corrected chi connectivity index (χ1v) is 18.0. The Bertz CT molecular complexity index is 2420. The van der Waals surface area contributed by atoms with E-state index in [9.17, 15) is 0 Å². The molecule has 12 nitrogen and oxygen atoms in total. The maximum atomic E-state index is 6.37. The van der Waals surface area contributed by atoms with Gasteiger partial charge in [-0.15, -0.1) is 20.4 Å². The van der Waals surface area contributed by atoms with Gasteiger partial charge in [-0.1, -0.05) is 118 Å². The van der Waals surface area contributed by atoms with E-state index in [1.807, 2.05) is 79.7 Å². The van der Waals surface area contributed by atoms with Crippen LogP contribution in [0.2, 0.25) is 20.1 Å². The van der Waals surface area contributed by atoms with Crippen molar-refractivity contribution < 1.29 is 0 Å². The molecule has 17 heteroatoms. The summed E-state index contributed by atoms with van der Waals surface area (Å²) < 4.78 is 3.50. The number of H-pyrrole nitrogens is 1. The number of nitrogens with one attached hydrogen (secondary N) is 1. The molecule has 248 valence electrons. The second-order valence-electron chi connectivity index (χ2n) is 10.4. The fraction of sp³-hybridized carbons (Fsp3) is 0.125. The molecule has 4 aromatic carbocycles. The summed E-state index contributed by atoms with van der Waals surface area (Å²) in [4.78, 5) is 3.39. The first-order valence-electron chi connectivity index (χ1n) is 14.4. The van der Waals surface area contributed by atoms with E-state index < -0.39 is 0 Å². The van der Waals surface area contributed by atoms with Crippen molar-refractivity contribution in [2.75, 3.05) is 4.93 Å². The molecule has 0 aliphatic carbocycles. The van der Waals surface area contributed by atoms with Crippen LogP contribution in [0.3, 0.4) is 0 Å². The SMILES string of the molecule is CI.Cn1nc2c(-c3ccc(Cl)cc3Cl)cccc2c1-c1nn[nH]n1.Cn1nnc(-c2c3cccc(-c4ccc(Cl)cc4Cl)c3nn2C)n1. The molecule has 0 spiro atoms. The van der Waals surface area contributed by atoms with Crippen LogP contribution in [0.5, 0.6) is 0 Å². The lowest BCUT2D eigenvalue weighted by Gasteiger charge is -2.05. The molecular formula is C32H25Cl4IN12. The summed E-state index contributed by atoms with van der Waals surface area (Å²) in [5.41, 5.74) is 6.86. The lowest BCUT2D eigenvalue weighted by molar-refractivity contribution is 0.630. The molecule has 0 radical (unpaired) electrons. The summed E-state index contributed by atoms with van der Waals surface area (Å²) in [6.45, 7) is 0. The van der Waals surface area contributed by atoms with Gasteiger partial charge in [0.1, 0.15) is 22.4 Å². The Balaban J connectivity index is 0.000000162. The van der Waals surface area contributed by atoms with Crippen LogP contribution in [0.15, 0.2) is 72.8 Å². The minimum Gasteiger partial charge on any atom is -0.263 e. The van der Waals surface area contributed by atoms with Crippen LogP contribution in [-0.4, -0.2) is 65.3 Å². The van der Waals surface area contributed by atoms with Crippen molar-refractivity contribution in [2.45, 2.75) is 0 Å². The number of fused-ring (bicyclic) bond motifs is 2. The van der Waals surface area contributed by atoms with Gasteiger partial charge in [0.05, 0.1) is 7.05 Å². The molecule has 0 atom stereocenters. The van der Waals surface area contributed by atoms with Crippen molar-refractivity contribution in [3.8, 4) is 45.3 Å². The molecule has 0 saturated carbocycles. The third-order valence-corrected chi connectivity index (χ3v) is 8.54. The normalized spacial score (nSPS) is 11.0. The predicted octanol–water partition coefficient (Wildman–Crippen LogP) is 8.52. The summed E-state index contributed by atoms with van der Waals surface area (Å²) in [6.07, 6.45) is 0. The second kappa shape index (κ2) is 14.8. The average Bonchev–Trinajstić information content (AvgIpc) is 3.88. The molecule has 49 heavy (non-hydrogen) atoms. The van der Waals surface area contributed by atoms with Gasteiger partial charge in [0.15, 0.2) is 0 Å². The molecule has 0 aliphatic rings. The zero-order chi connectivity index (χ0) is 34.8. The van der Waals surface area contributed by atoms with E-state index in [1.165, 1.54) is 4.80 Å². The highest BCUT2D eigenvalue weighted by atomic mass is 127. The zero-order valence-electron chi connectivity index (χ0n) is 26.2. The van der Waals surface area contributed by atoms with E-state index in [4.69, 9.17) is 46.4 Å². The van der Waals surface area contributed by atoms with Gasteiger partial charge < -0.3 is 0 Å². The van der Waals surface area contributed by atoms with E-state index >= 15 is 0 Å². The molecule has 0 saturated heterocycles. The van der Waals surface area contributed by atoms with Crippen LogP contribution < -0.4 is 0 Å². The fourth-order valence-electron chi connectivity index (χ4n) is 5.46. The Labute approximate surface area is 313 Å². The molecule has 0 fully saturated rings. The minimum atomic E-state index is 0.495. The third kappa shape index (κ3) is 6.85. The molecular weight excluding hydrogens is 821 g/mol. The topological polar surface area (TPSA) is 134 Å². The molecule has 4 heterocycles. The van der Waals surface area contributed by atoms with Crippen molar-refractivity contribution in [3.05, 3.63) is 92.9 Å². The predicted molar refractivity (Wildman–Crippen MR) is 203 cm³/mol. The number of aryl methyl sites for hydroxylation is 3. The van der Waals surface area contributed by atoms with Crippen molar-refractivity contribution in [1.29, 1.82) is 0 Å². The van der Waals surface area contributed by atoms with Crippen LogP contribution in [0.25, 0.3) is 67.1 Å². The van der Waals surface area contributed by atoms with Crippen molar-refractivity contribution in [2.24, 2.45) is 21.1 Å². The van der Waals surface area contributed by atoms with Gasteiger partial charge in [-0.05, 0) is 39.6 Å². The summed E-state index contributed by atoms with van der Waals surface area (Å²) in [5, 5.41) is 40.0. The molecule has 8 aromatic rings. The maximum absolute atomic E-state index is 6.37. The van der Waals surface area contributed by atoms with E-state index in [-0.39, 0.29) is 0 Å². The smallest absolute Gasteiger partial charge is 0.223 e. The Hall–Kier alpha value is -4.15. The quantitative estimate of drug-likeness (QED) is 0.138. The molecule has 0 amide bonds. The molecule has 8 rings (SSSR count). The fourth-order valence-corrected chi connectivity index (χ4v) is 6.48. The van der Waals surface area contributed by atoms with Gasteiger partial charge in [0.25, 0.3) is 0 Å². The van der Waals surface area contributed by atoms with E-state index in [0.717, 1.165) is 55.4 Å². The number of rotatable bonds is 4. The van der Waals surface area contributed by atoms with Gasteiger partial charge in [0.2, 0.25) is 11.6 Å². The largest absolute Gasteiger partial charge is 0.263 e. The standard InChI is InChI=1S/C16H12Cl2N6.C15H10Cl2N6.CH3I/c1-23-15(16-19-22-24(2)21-16)12-5-3-4-11(14(12)20-23)10-7-6-9(17)8-13(10)18;1-23-14(15-18-21-22-19-15)11-4-2-3-10(13(11)20-23)9-6-5-8(16)7-12(9)17;1-2/h3-8H,1-2H3;2-7H,1H3,(H,18,19,21,22);1H3. The molecule has 0 unspecified atom stereocenters. The number of benzene rings is 4. The number of halogens is 5.